The third kappa shape index (κ3) is 3.85. The molecule has 0 amide bonds. The van der Waals surface area contributed by atoms with E-state index in [0.29, 0.717) is 12.6 Å². The molecule has 100 valence electrons. The Morgan fingerprint density at radius 3 is 2.72 bits per heavy atom. The molecule has 0 spiro atoms. The van der Waals surface area contributed by atoms with Gasteiger partial charge in [-0.3, -0.25) is 4.21 Å². The van der Waals surface area contributed by atoms with E-state index in [2.05, 4.69) is 5.32 Å². The third-order valence-corrected chi connectivity index (χ3v) is 4.57. The van der Waals surface area contributed by atoms with Crippen molar-refractivity contribution >= 4 is 10.8 Å². The van der Waals surface area contributed by atoms with Crippen LogP contribution in [-0.4, -0.2) is 21.8 Å². The van der Waals surface area contributed by atoms with Gasteiger partial charge in [-0.1, -0.05) is 18.2 Å². The summed E-state index contributed by atoms with van der Waals surface area (Å²) in [6.45, 7) is 0.595. The van der Waals surface area contributed by atoms with E-state index in [4.69, 9.17) is 0 Å². The SMILES string of the molecule is O=S1CCC(NCc2cccc(C(F)F)c2)CC1. The van der Waals surface area contributed by atoms with E-state index in [1.807, 2.05) is 6.07 Å². The third-order valence-electron chi connectivity index (χ3n) is 3.19. The Hall–Kier alpha value is -0.810. The monoisotopic (exact) mass is 273 g/mol. The first kappa shape index (κ1) is 13.6. The number of halogens is 2. The number of benzene rings is 1. The van der Waals surface area contributed by atoms with Gasteiger partial charge in [-0.15, -0.1) is 0 Å². The second-order valence-corrected chi connectivity index (χ2v) is 6.25. The Kier molecular flexibility index (Phi) is 4.83. The van der Waals surface area contributed by atoms with Gasteiger partial charge in [-0.25, -0.2) is 8.78 Å². The highest BCUT2D eigenvalue weighted by Gasteiger charge is 2.17. The predicted octanol–water partition coefficient (Wildman–Crippen LogP) is 2.62. The number of nitrogens with one attached hydrogen (secondary N) is 1. The molecule has 0 unspecified atom stereocenters. The normalized spacial score (nSPS) is 24.4. The summed E-state index contributed by atoms with van der Waals surface area (Å²) in [5, 5.41) is 3.35. The summed E-state index contributed by atoms with van der Waals surface area (Å²) in [6, 6.07) is 6.85. The molecule has 1 N–H and O–H groups in total. The molecule has 1 aromatic carbocycles. The minimum atomic E-state index is -2.41. The summed E-state index contributed by atoms with van der Waals surface area (Å²) >= 11 is 0. The van der Waals surface area contributed by atoms with Crippen LogP contribution in [0.2, 0.25) is 0 Å². The molecule has 1 fully saturated rings. The molecule has 1 aliphatic heterocycles. The molecule has 0 bridgehead atoms. The molecular formula is C13H17F2NOS. The first-order valence-corrected chi connectivity index (χ1v) is 7.59. The largest absolute Gasteiger partial charge is 0.310 e. The summed E-state index contributed by atoms with van der Waals surface area (Å²) in [7, 11) is -0.658. The van der Waals surface area contributed by atoms with E-state index >= 15 is 0 Å². The number of alkyl halides is 2. The highest BCUT2D eigenvalue weighted by molar-refractivity contribution is 7.85. The molecule has 18 heavy (non-hydrogen) atoms. The van der Waals surface area contributed by atoms with Gasteiger partial charge in [0.15, 0.2) is 0 Å². The van der Waals surface area contributed by atoms with Crippen molar-refractivity contribution in [2.45, 2.75) is 31.9 Å². The van der Waals surface area contributed by atoms with Crippen LogP contribution in [0.25, 0.3) is 0 Å². The van der Waals surface area contributed by atoms with Crippen LogP contribution >= 0.6 is 0 Å². The fourth-order valence-corrected chi connectivity index (χ4v) is 3.40. The topological polar surface area (TPSA) is 29.1 Å². The highest BCUT2D eigenvalue weighted by Crippen LogP contribution is 2.19. The zero-order valence-electron chi connectivity index (χ0n) is 10.1. The van der Waals surface area contributed by atoms with Crippen molar-refractivity contribution in [3.63, 3.8) is 0 Å². The summed E-state index contributed by atoms with van der Waals surface area (Å²) in [6.07, 6.45) is -0.607. The lowest BCUT2D eigenvalue weighted by Crippen LogP contribution is -2.35. The molecule has 1 saturated heterocycles. The number of hydrogen-bond acceptors (Lipinski definition) is 2. The first-order chi connectivity index (χ1) is 8.65. The Bertz CT molecular complexity index is 415. The zero-order chi connectivity index (χ0) is 13.0. The standard InChI is InChI=1S/C13H17F2NOS/c14-13(15)11-3-1-2-10(8-11)9-16-12-4-6-18(17)7-5-12/h1-3,8,12-13,16H,4-7,9H2. The van der Waals surface area contributed by atoms with Gasteiger partial charge >= 0.3 is 0 Å². The van der Waals surface area contributed by atoms with Crippen LogP contribution in [0.5, 0.6) is 0 Å². The van der Waals surface area contributed by atoms with Gasteiger partial charge in [-0.2, -0.15) is 0 Å². The van der Waals surface area contributed by atoms with Gasteiger partial charge in [0.05, 0.1) is 0 Å². The molecule has 2 nitrogen and oxygen atoms in total. The Labute approximate surface area is 108 Å². The predicted molar refractivity (Wildman–Crippen MR) is 69.1 cm³/mol. The molecule has 0 atom stereocenters. The van der Waals surface area contributed by atoms with E-state index in [-0.39, 0.29) is 5.56 Å². The summed E-state index contributed by atoms with van der Waals surface area (Å²) < 4.78 is 36.3. The second kappa shape index (κ2) is 6.38. The Balaban J connectivity index is 1.86. The van der Waals surface area contributed by atoms with E-state index < -0.39 is 17.2 Å². The lowest BCUT2D eigenvalue weighted by atomic mass is 10.1. The molecule has 5 heteroatoms. The van der Waals surface area contributed by atoms with Gasteiger partial charge in [0.25, 0.3) is 6.43 Å². The van der Waals surface area contributed by atoms with E-state index in [1.54, 1.807) is 12.1 Å². The molecule has 1 aromatic rings. The Morgan fingerprint density at radius 2 is 2.06 bits per heavy atom. The maximum atomic E-state index is 12.5. The van der Waals surface area contributed by atoms with E-state index in [1.165, 1.54) is 6.07 Å². The molecule has 1 aliphatic rings. The van der Waals surface area contributed by atoms with Crippen molar-refractivity contribution in [1.29, 1.82) is 0 Å². The lowest BCUT2D eigenvalue weighted by Gasteiger charge is -2.22. The minimum Gasteiger partial charge on any atom is -0.310 e. The van der Waals surface area contributed by atoms with Crippen LogP contribution in [0, 0.1) is 0 Å². The quantitative estimate of drug-likeness (QED) is 0.913. The van der Waals surface area contributed by atoms with Crippen LogP contribution in [0.4, 0.5) is 8.78 Å². The first-order valence-electron chi connectivity index (χ1n) is 6.10. The van der Waals surface area contributed by atoms with Crippen molar-refractivity contribution in [2.24, 2.45) is 0 Å². The smallest absolute Gasteiger partial charge is 0.263 e. The van der Waals surface area contributed by atoms with E-state index in [9.17, 15) is 13.0 Å². The maximum Gasteiger partial charge on any atom is 0.263 e. The van der Waals surface area contributed by atoms with Gasteiger partial charge < -0.3 is 5.32 Å². The lowest BCUT2D eigenvalue weighted by molar-refractivity contribution is 0.151. The van der Waals surface area contributed by atoms with Crippen molar-refractivity contribution in [1.82, 2.24) is 5.32 Å². The molecule has 0 saturated carbocycles. The summed E-state index contributed by atoms with van der Waals surface area (Å²) in [5.41, 5.74) is 0.943. The summed E-state index contributed by atoms with van der Waals surface area (Å²) in [4.78, 5) is 0. The van der Waals surface area contributed by atoms with Crippen LogP contribution < -0.4 is 5.32 Å². The van der Waals surface area contributed by atoms with Crippen LogP contribution in [-0.2, 0) is 17.3 Å². The van der Waals surface area contributed by atoms with Crippen LogP contribution in [0.15, 0.2) is 24.3 Å². The van der Waals surface area contributed by atoms with Crippen molar-refractivity contribution in [2.75, 3.05) is 11.5 Å². The maximum absolute atomic E-state index is 12.5. The van der Waals surface area contributed by atoms with Crippen LogP contribution in [0.1, 0.15) is 30.4 Å². The second-order valence-electron chi connectivity index (χ2n) is 4.55. The average Bonchev–Trinajstić information content (AvgIpc) is 2.38. The molecule has 0 aromatic heterocycles. The van der Waals surface area contributed by atoms with Crippen molar-refractivity contribution < 1.29 is 13.0 Å². The van der Waals surface area contributed by atoms with Gasteiger partial charge in [-0.05, 0) is 24.5 Å². The fourth-order valence-electron chi connectivity index (χ4n) is 2.10. The van der Waals surface area contributed by atoms with Gasteiger partial charge in [0.1, 0.15) is 0 Å². The highest BCUT2D eigenvalue weighted by atomic mass is 32.2. The van der Waals surface area contributed by atoms with Crippen LogP contribution in [0.3, 0.4) is 0 Å². The molecule has 0 aliphatic carbocycles. The molecule has 1 heterocycles. The fraction of sp³-hybridized carbons (Fsp3) is 0.538. The zero-order valence-corrected chi connectivity index (χ0v) is 10.9. The molecule has 0 radical (unpaired) electrons. The van der Waals surface area contributed by atoms with Gasteiger partial charge in [0.2, 0.25) is 0 Å². The molecule has 2 rings (SSSR count). The number of hydrogen-bond donors (Lipinski definition) is 1. The van der Waals surface area contributed by atoms with Crippen molar-refractivity contribution in [3.8, 4) is 0 Å². The average molecular weight is 273 g/mol. The number of rotatable bonds is 4. The Morgan fingerprint density at radius 1 is 1.33 bits per heavy atom. The van der Waals surface area contributed by atoms with E-state index in [0.717, 1.165) is 29.9 Å². The summed E-state index contributed by atoms with van der Waals surface area (Å²) in [5.74, 6) is 1.49. The van der Waals surface area contributed by atoms with Gasteiger partial charge in [0, 0.05) is 40.5 Å². The molecular weight excluding hydrogens is 256 g/mol. The van der Waals surface area contributed by atoms with Crippen molar-refractivity contribution in [3.05, 3.63) is 35.4 Å². The minimum absolute atomic E-state index is 0.0686.